The minimum absolute atomic E-state index is 0.134. The van der Waals surface area contributed by atoms with Gasteiger partial charge in [-0.15, -0.1) is 0 Å². The van der Waals surface area contributed by atoms with Crippen LogP contribution in [0.2, 0.25) is 0 Å². The Labute approximate surface area is 115 Å². The molecule has 0 N–H and O–H groups in total. The fraction of sp³-hybridized carbons (Fsp3) is 0.562. The fourth-order valence-corrected chi connectivity index (χ4v) is 2.03. The van der Waals surface area contributed by atoms with Gasteiger partial charge in [0.1, 0.15) is 5.82 Å². The molecule has 1 aromatic rings. The van der Waals surface area contributed by atoms with E-state index in [1.54, 1.807) is 12.1 Å². The normalized spacial score (nSPS) is 14.8. The van der Waals surface area contributed by atoms with Crippen molar-refractivity contribution in [3.05, 3.63) is 35.6 Å². The quantitative estimate of drug-likeness (QED) is 0.767. The van der Waals surface area contributed by atoms with E-state index in [9.17, 15) is 9.18 Å². The van der Waals surface area contributed by atoms with Crippen LogP contribution in [-0.2, 0) is 14.9 Å². The van der Waals surface area contributed by atoms with Crippen molar-refractivity contribution >= 4 is 5.97 Å². The van der Waals surface area contributed by atoms with E-state index in [4.69, 9.17) is 4.74 Å². The maximum Gasteiger partial charge on any atom is 0.315 e. The molecule has 106 valence electrons. The molecule has 0 fully saturated rings. The number of carbonyl (C=O) groups excluding carboxylic acids is 1. The molecule has 0 bridgehead atoms. The molecule has 2 nitrogen and oxygen atoms in total. The summed E-state index contributed by atoms with van der Waals surface area (Å²) in [6, 6.07) is 6.09. The van der Waals surface area contributed by atoms with E-state index in [-0.39, 0.29) is 17.2 Å². The highest BCUT2D eigenvalue weighted by molar-refractivity contribution is 5.82. The van der Waals surface area contributed by atoms with Crippen molar-refractivity contribution in [2.75, 3.05) is 7.11 Å². The number of esters is 1. The van der Waals surface area contributed by atoms with Crippen LogP contribution in [0.5, 0.6) is 0 Å². The first-order chi connectivity index (χ1) is 8.69. The Hall–Kier alpha value is -1.38. The fourth-order valence-electron chi connectivity index (χ4n) is 2.03. The number of hydrogen-bond acceptors (Lipinski definition) is 2. The third-order valence-electron chi connectivity index (χ3n) is 3.49. The van der Waals surface area contributed by atoms with E-state index in [1.165, 1.54) is 19.2 Å². The molecule has 1 atom stereocenters. The number of methoxy groups -OCH3 is 1. The average molecular weight is 266 g/mol. The zero-order valence-electron chi connectivity index (χ0n) is 12.4. The van der Waals surface area contributed by atoms with Crippen LogP contribution in [0.1, 0.15) is 46.1 Å². The summed E-state index contributed by atoms with van der Waals surface area (Å²) >= 11 is 0. The van der Waals surface area contributed by atoms with Crippen LogP contribution in [0.4, 0.5) is 4.39 Å². The van der Waals surface area contributed by atoms with Gasteiger partial charge in [0.25, 0.3) is 0 Å². The number of rotatable bonds is 4. The lowest BCUT2D eigenvalue weighted by Crippen LogP contribution is -2.35. The van der Waals surface area contributed by atoms with Crippen LogP contribution < -0.4 is 0 Å². The first-order valence-electron chi connectivity index (χ1n) is 6.53. The van der Waals surface area contributed by atoms with E-state index >= 15 is 0 Å². The van der Waals surface area contributed by atoms with Gasteiger partial charge >= 0.3 is 5.97 Å². The largest absolute Gasteiger partial charge is 0.468 e. The average Bonchev–Trinajstić information content (AvgIpc) is 2.35. The van der Waals surface area contributed by atoms with E-state index in [0.717, 1.165) is 12.0 Å². The van der Waals surface area contributed by atoms with Crippen LogP contribution in [-0.4, -0.2) is 13.1 Å². The zero-order chi connectivity index (χ0) is 14.7. The number of benzene rings is 1. The summed E-state index contributed by atoms with van der Waals surface area (Å²) in [5, 5.41) is 0. The van der Waals surface area contributed by atoms with Crippen molar-refractivity contribution in [1.29, 1.82) is 0 Å². The molecule has 0 aliphatic carbocycles. The molecular formula is C16H23FO2. The number of halogens is 1. The molecule has 0 aromatic heterocycles. The molecule has 19 heavy (non-hydrogen) atoms. The Bertz CT molecular complexity index is 431. The highest BCUT2D eigenvalue weighted by Gasteiger charge is 2.37. The summed E-state index contributed by atoms with van der Waals surface area (Å²) in [6.45, 7) is 8.26. The molecule has 0 saturated carbocycles. The summed E-state index contributed by atoms with van der Waals surface area (Å²) in [7, 11) is 1.39. The van der Waals surface area contributed by atoms with Gasteiger partial charge in [0.15, 0.2) is 0 Å². The predicted molar refractivity (Wildman–Crippen MR) is 74.5 cm³/mol. The number of ether oxygens (including phenoxy) is 1. The molecule has 0 radical (unpaired) electrons. The second-order valence-corrected chi connectivity index (χ2v) is 6.39. The van der Waals surface area contributed by atoms with Gasteiger partial charge < -0.3 is 4.74 Å². The maximum atomic E-state index is 13.0. The summed E-state index contributed by atoms with van der Waals surface area (Å²) in [5.41, 5.74) is 0.204. The van der Waals surface area contributed by atoms with Crippen molar-refractivity contribution in [1.82, 2.24) is 0 Å². The van der Waals surface area contributed by atoms with Gasteiger partial charge in [-0.1, -0.05) is 32.9 Å². The topological polar surface area (TPSA) is 26.3 Å². The minimum Gasteiger partial charge on any atom is -0.468 e. The van der Waals surface area contributed by atoms with E-state index in [1.807, 2.05) is 6.92 Å². The van der Waals surface area contributed by atoms with Gasteiger partial charge in [-0.2, -0.15) is 0 Å². The van der Waals surface area contributed by atoms with Gasteiger partial charge in [0, 0.05) is 0 Å². The maximum absolute atomic E-state index is 13.0. The van der Waals surface area contributed by atoms with Gasteiger partial charge in [-0.05, 0) is 42.9 Å². The molecule has 0 aliphatic rings. The highest BCUT2D eigenvalue weighted by Crippen LogP contribution is 2.35. The standard InChI is InChI=1S/C16H23FO2/c1-15(2,3)10-11-16(4,14(18)19-5)12-6-8-13(17)9-7-12/h6-9H,10-11H2,1-5H3. The summed E-state index contributed by atoms with van der Waals surface area (Å²) in [5.74, 6) is -0.574. The van der Waals surface area contributed by atoms with E-state index in [2.05, 4.69) is 20.8 Å². The second-order valence-electron chi connectivity index (χ2n) is 6.39. The van der Waals surface area contributed by atoms with Gasteiger partial charge in [-0.25, -0.2) is 4.39 Å². The lowest BCUT2D eigenvalue weighted by Gasteiger charge is -2.30. The van der Waals surface area contributed by atoms with Crippen molar-refractivity contribution in [3.63, 3.8) is 0 Å². The van der Waals surface area contributed by atoms with Crippen LogP contribution in [0.3, 0.4) is 0 Å². The van der Waals surface area contributed by atoms with E-state index < -0.39 is 5.41 Å². The molecule has 1 rings (SSSR count). The van der Waals surface area contributed by atoms with Crippen molar-refractivity contribution in [2.45, 2.75) is 46.0 Å². The van der Waals surface area contributed by atoms with Gasteiger partial charge in [0.2, 0.25) is 0 Å². The zero-order valence-corrected chi connectivity index (χ0v) is 12.4. The molecule has 1 unspecified atom stereocenters. The Morgan fingerprint density at radius 2 is 1.63 bits per heavy atom. The lowest BCUT2D eigenvalue weighted by molar-refractivity contribution is -0.147. The Morgan fingerprint density at radius 1 is 1.11 bits per heavy atom. The van der Waals surface area contributed by atoms with Crippen LogP contribution in [0.15, 0.2) is 24.3 Å². The molecular weight excluding hydrogens is 243 g/mol. The minimum atomic E-state index is -0.726. The summed E-state index contributed by atoms with van der Waals surface area (Å²) in [4.78, 5) is 12.1. The summed E-state index contributed by atoms with van der Waals surface area (Å²) in [6.07, 6.45) is 1.56. The Kier molecular flexibility index (Phi) is 4.72. The third-order valence-corrected chi connectivity index (χ3v) is 3.49. The molecule has 3 heteroatoms. The SMILES string of the molecule is COC(=O)C(C)(CCC(C)(C)C)c1ccc(F)cc1. The van der Waals surface area contributed by atoms with Crippen LogP contribution >= 0.6 is 0 Å². The molecule has 0 amide bonds. The Balaban J connectivity index is 3.06. The third kappa shape index (κ3) is 4.05. The molecule has 0 saturated heterocycles. The first kappa shape index (κ1) is 15.7. The van der Waals surface area contributed by atoms with Crippen molar-refractivity contribution in [3.8, 4) is 0 Å². The highest BCUT2D eigenvalue weighted by atomic mass is 19.1. The second kappa shape index (κ2) is 5.72. The monoisotopic (exact) mass is 266 g/mol. The van der Waals surface area contributed by atoms with Crippen molar-refractivity contribution < 1.29 is 13.9 Å². The molecule has 1 aromatic carbocycles. The van der Waals surface area contributed by atoms with E-state index in [0.29, 0.717) is 6.42 Å². The molecule has 0 heterocycles. The summed E-state index contributed by atoms with van der Waals surface area (Å²) < 4.78 is 17.9. The molecule has 0 spiro atoms. The number of carbonyl (C=O) groups is 1. The molecule has 0 aliphatic heterocycles. The predicted octanol–water partition coefficient (Wildman–Crippen LogP) is 4.08. The first-order valence-corrected chi connectivity index (χ1v) is 6.53. The lowest BCUT2D eigenvalue weighted by atomic mass is 9.74. The Morgan fingerprint density at radius 3 is 2.05 bits per heavy atom. The van der Waals surface area contributed by atoms with Crippen LogP contribution in [0, 0.1) is 11.2 Å². The van der Waals surface area contributed by atoms with Gasteiger partial charge in [0.05, 0.1) is 12.5 Å². The smallest absolute Gasteiger partial charge is 0.315 e. The number of hydrogen-bond donors (Lipinski definition) is 0. The van der Waals surface area contributed by atoms with Crippen molar-refractivity contribution in [2.24, 2.45) is 5.41 Å². The van der Waals surface area contributed by atoms with Crippen LogP contribution in [0.25, 0.3) is 0 Å². The van der Waals surface area contributed by atoms with Gasteiger partial charge in [-0.3, -0.25) is 4.79 Å².